The van der Waals surface area contributed by atoms with Crippen LogP contribution in [0.5, 0.6) is 0 Å². The van der Waals surface area contributed by atoms with Crippen LogP contribution in [-0.4, -0.2) is 21.6 Å². The molecule has 0 saturated carbocycles. The van der Waals surface area contributed by atoms with Gasteiger partial charge < -0.3 is 15.2 Å². The number of carbonyl (C=O) groups excluding carboxylic acids is 1. The van der Waals surface area contributed by atoms with Gasteiger partial charge >= 0.3 is 6.03 Å². The van der Waals surface area contributed by atoms with Crippen LogP contribution in [0, 0.1) is 5.92 Å². The highest BCUT2D eigenvalue weighted by atomic mass is 16.2. The van der Waals surface area contributed by atoms with Crippen LogP contribution in [0.4, 0.5) is 4.79 Å². The lowest BCUT2D eigenvalue weighted by Gasteiger charge is -2.21. The molecule has 0 bridgehead atoms. The van der Waals surface area contributed by atoms with E-state index in [1.807, 2.05) is 48.1 Å². The number of imidazole rings is 1. The van der Waals surface area contributed by atoms with Gasteiger partial charge in [-0.25, -0.2) is 9.78 Å². The van der Waals surface area contributed by atoms with Crippen molar-refractivity contribution in [1.29, 1.82) is 0 Å². The highest BCUT2D eigenvalue weighted by Crippen LogP contribution is 2.20. The van der Waals surface area contributed by atoms with Crippen molar-refractivity contribution in [3.63, 3.8) is 0 Å². The van der Waals surface area contributed by atoms with Gasteiger partial charge in [-0.2, -0.15) is 0 Å². The van der Waals surface area contributed by atoms with Crippen LogP contribution in [0.3, 0.4) is 0 Å². The normalized spacial score (nSPS) is 13.5. The summed E-state index contributed by atoms with van der Waals surface area (Å²) in [4.78, 5) is 16.9. The number of hydrogen-bond donors (Lipinski definition) is 2. The Labute approximate surface area is 150 Å². The number of rotatable bonds is 8. The molecule has 2 aromatic rings. The van der Waals surface area contributed by atoms with Crippen LogP contribution in [0.1, 0.15) is 57.5 Å². The average Bonchev–Trinajstić information content (AvgIpc) is 2.99. The first-order chi connectivity index (χ1) is 12.0. The van der Waals surface area contributed by atoms with Crippen molar-refractivity contribution in [3.05, 3.63) is 54.1 Å². The first-order valence-corrected chi connectivity index (χ1v) is 9.06. The summed E-state index contributed by atoms with van der Waals surface area (Å²) in [7, 11) is 1.94. The molecule has 25 heavy (non-hydrogen) atoms. The molecule has 2 amide bonds. The van der Waals surface area contributed by atoms with Crippen LogP contribution in [0.2, 0.25) is 0 Å². The van der Waals surface area contributed by atoms with Gasteiger partial charge in [0.05, 0.1) is 0 Å². The molecule has 1 heterocycles. The van der Waals surface area contributed by atoms with Crippen LogP contribution in [-0.2, 0) is 7.05 Å². The first kappa shape index (κ1) is 19.0. The van der Waals surface area contributed by atoms with Gasteiger partial charge in [-0.05, 0) is 24.8 Å². The smallest absolute Gasteiger partial charge is 0.315 e. The summed E-state index contributed by atoms with van der Waals surface area (Å²) in [5, 5.41) is 6.12. The van der Waals surface area contributed by atoms with E-state index in [0.29, 0.717) is 5.92 Å². The van der Waals surface area contributed by atoms with Crippen molar-refractivity contribution in [2.75, 3.05) is 0 Å². The minimum absolute atomic E-state index is 0.150. The van der Waals surface area contributed by atoms with Crippen LogP contribution < -0.4 is 10.6 Å². The summed E-state index contributed by atoms with van der Waals surface area (Å²) in [6, 6.07) is 9.64. The van der Waals surface area contributed by atoms with Crippen LogP contribution in [0.25, 0.3) is 0 Å². The van der Waals surface area contributed by atoms with Gasteiger partial charge in [0.25, 0.3) is 0 Å². The lowest BCUT2D eigenvalue weighted by molar-refractivity contribution is 0.234. The predicted molar refractivity (Wildman–Crippen MR) is 101 cm³/mol. The van der Waals surface area contributed by atoms with E-state index in [1.165, 1.54) is 6.42 Å². The topological polar surface area (TPSA) is 59.0 Å². The Hall–Kier alpha value is -2.30. The monoisotopic (exact) mass is 342 g/mol. The minimum Gasteiger partial charge on any atom is -0.336 e. The quantitative estimate of drug-likeness (QED) is 0.761. The van der Waals surface area contributed by atoms with E-state index in [9.17, 15) is 4.79 Å². The fraction of sp³-hybridized carbons (Fsp3) is 0.500. The molecule has 2 rings (SSSR count). The number of benzene rings is 1. The van der Waals surface area contributed by atoms with Crippen LogP contribution in [0.15, 0.2) is 42.7 Å². The molecule has 1 aromatic carbocycles. The van der Waals surface area contributed by atoms with E-state index in [-0.39, 0.29) is 18.1 Å². The van der Waals surface area contributed by atoms with Gasteiger partial charge in [-0.3, -0.25) is 0 Å². The number of urea groups is 1. The Morgan fingerprint density at radius 1 is 1.12 bits per heavy atom. The molecule has 0 fully saturated rings. The van der Waals surface area contributed by atoms with Gasteiger partial charge in [0.2, 0.25) is 0 Å². The Bertz CT molecular complexity index is 651. The highest BCUT2D eigenvalue weighted by Gasteiger charge is 2.21. The second-order valence-electron chi connectivity index (χ2n) is 7.08. The molecule has 2 N–H and O–H groups in total. The molecule has 0 saturated heterocycles. The molecule has 0 aliphatic carbocycles. The molecule has 0 unspecified atom stereocenters. The summed E-state index contributed by atoms with van der Waals surface area (Å²) >= 11 is 0. The number of aryl methyl sites for hydroxylation is 1. The van der Waals surface area contributed by atoms with Crippen molar-refractivity contribution in [2.45, 2.75) is 52.1 Å². The largest absolute Gasteiger partial charge is 0.336 e. The van der Waals surface area contributed by atoms with E-state index in [2.05, 4.69) is 36.4 Å². The predicted octanol–water partition coefficient (Wildman–Crippen LogP) is 4.02. The molecule has 5 heteroatoms. The lowest BCUT2D eigenvalue weighted by atomic mass is 10.0. The van der Waals surface area contributed by atoms with Gasteiger partial charge in [0.15, 0.2) is 0 Å². The second kappa shape index (κ2) is 9.25. The van der Waals surface area contributed by atoms with Crippen molar-refractivity contribution in [2.24, 2.45) is 13.0 Å². The number of nitrogens with zero attached hydrogens (tertiary/aromatic N) is 2. The molecule has 5 nitrogen and oxygen atoms in total. The van der Waals surface area contributed by atoms with Gasteiger partial charge in [0.1, 0.15) is 11.9 Å². The summed E-state index contributed by atoms with van der Waals surface area (Å²) in [6.45, 7) is 6.50. The molecule has 0 spiro atoms. The highest BCUT2D eigenvalue weighted by molar-refractivity contribution is 5.75. The zero-order valence-corrected chi connectivity index (χ0v) is 15.7. The summed E-state index contributed by atoms with van der Waals surface area (Å²) in [5.41, 5.74) is 1.01. The Balaban J connectivity index is 2.00. The zero-order chi connectivity index (χ0) is 18.2. The molecule has 0 aliphatic heterocycles. The van der Waals surface area contributed by atoms with E-state index >= 15 is 0 Å². The number of amides is 2. The van der Waals surface area contributed by atoms with Gasteiger partial charge in [-0.15, -0.1) is 0 Å². The van der Waals surface area contributed by atoms with Crippen molar-refractivity contribution < 1.29 is 4.79 Å². The van der Waals surface area contributed by atoms with Crippen LogP contribution >= 0.6 is 0 Å². The summed E-state index contributed by atoms with van der Waals surface area (Å²) < 4.78 is 1.93. The SMILES string of the molecule is CC(C)CCC[C@H](C)NC(=O)N[C@@H](c1ccccc1)c1nccn1C. The molecule has 136 valence electrons. The third kappa shape index (κ3) is 5.93. The standard InChI is InChI=1S/C20H30N4O/c1-15(2)9-8-10-16(3)22-20(25)23-18(17-11-6-5-7-12-17)19-21-13-14-24(19)4/h5-7,11-16,18H,8-10H2,1-4H3,(H2,22,23,25)/t16-,18-/m0/s1. The second-order valence-corrected chi connectivity index (χ2v) is 7.08. The number of carbonyl (C=O) groups is 1. The first-order valence-electron chi connectivity index (χ1n) is 9.06. The fourth-order valence-corrected chi connectivity index (χ4v) is 2.90. The average molecular weight is 342 g/mol. The molecule has 0 aliphatic rings. The maximum absolute atomic E-state index is 12.5. The van der Waals surface area contributed by atoms with Crippen molar-refractivity contribution in [1.82, 2.24) is 20.2 Å². The maximum Gasteiger partial charge on any atom is 0.315 e. The lowest BCUT2D eigenvalue weighted by Crippen LogP contribution is -2.43. The molecule has 2 atom stereocenters. The van der Waals surface area contributed by atoms with Crippen molar-refractivity contribution >= 4 is 6.03 Å². The summed E-state index contributed by atoms with van der Waals surface area (Å²) in [5.74, 6) is 1.51. The molecular formula is C20H30N4O. The van der Waals surface area contributed by atoms with Gasteiger partial charge in [-0.1, -0.05) is 57.0 Å². The molecule has 0 radical (unpaired) electrons. The number of nitrogens with one attached hydrogen (secondary N) is 2. The Morgan fingerprint density at radius 3 is 2.44 bits per heavy atom. The number of aromatic nitrogens is 2. The minimum atomic E-state index is -0.274. The molecular weight excluding hydrogens is 312 g/mol. The van der Waals surface area contributed by atoms with E-state index in [1.54, 1.807) is 6.20 Å². The van der Waals surface area contributed by atoms with Crippen molar-refractivity contribution in [3.8, 4) is 0 Å². The molecule has 1 aromatic heterocycles. The third-order valence-corrected chi connectivity index (χ3v) is 4.32. The van der Waals surface area contributed by atoms with Gasteiger partial charge in [0, 0.05) is 25.5 Å². The maximum atomic E-state index is 12.5. The third-order valence-electron chi connectivity index (χ3n) is 4.32. The fourth-order valence-electron chi connectivity index (χ4n) is 2.90. The van der Waals surface area contributed by atoms with E-state index < -0.39 is 0 Å². The Morgan fingerprint density at radius 2 is 1.84 bits per heavy atom. The number of hydrogen-bond acceptors (Lipinski definition) is 2. The Kier molecular flexibility index (Phi) is 7.04. The van der Waals surface area contributed by atoms with E-state index in [0.717, 1.165) is 24.2 Å². The van der Waals surface area contributed by atoms with E-state index in [4.69, 9.17) is 0 Å². The summed E-state index contributed by atoms with van der Waals surface area (Å²) in [6.07, 6.45) is 6.94. The zero-order valence-electron chi connectivity index (χ0n) is 15.7.